The molecule has 0 bridgehead atoms. The molecule has 3 N–H and O–H groups in total. The average molecular weight is 337 g/mol. The molecular formula is C17H19N7O. The summed E-state index contributed by atoms with van der Waals surface area (Å²) in [4.78, 5) is 20.7. The van der Waals surface area contributed by atoms with Gasteiger partial charge in [0.1, 0.15) is 5.82 Å². The summed E-state index contributed by atoms with van der Waals surface area (Å²) in [7, 11) is 0. The van der Waals surface area contributed by atoms with Gasteiger partial charge in [-0.05, 0) is 25.0 Å². The van der Waals surface area contributed by atoms with Crippen molar-refractivity contribution in [3.63, 3.8) is 0 Å². The average Bonchev–Trinajstić information content (AvgIpc) is 3.36. The number of aromatic nitrogens is 3. The predicted octanol–water partition coefficient (Wildman–Crippen LogP) is 1.27. The number of nitrogens with zero attached hydrogens (tertiary/aromatic N) is 5. The Morgan fingerprint density at radius 2 is 2.08 bits per heavy atom. The number of hydrogen-bond acceptors (Lipinski definition) is 6. The molecular weight excluding hydrogens is 318 g/mol. The second kappa shape index (κ2) is 6.04. The number of rotatable bonds is 4. The van der Waals surface area contributed by atoms with Crippen molar-refractivity contribution in [2.75, 3.05) is 18.0 Å². The van der Waals surface area contributed by atoms with Gasteiger partial charge in [0, 0.05) is 31.7 Å². The number of nitrogens with two attached hydrogens (primary N) is 1. The Balaban J connectivity index is 1.57. The minimum absolute atomic E-state index is 0.192. The number of nitrogens with one attached hydrogen (secondary N) is 1. The van der Waals surface area contributed by atoms with E-state index < -0.39 is 0 Å². The van der Waals surface area contributed by atoms with E-state index in [4.69, 9.17) is 11.1 Å². The number of fused-ring (bicyclic) bond motifs is 1. The van der Waals surface area contributed by atoms with E-state index in [2.05, 4.69) is 15.0 Å². The molecule has 128 valence electrons. The topological polar surface area (TPSA) is 104 Å². The van der Waals surface area contributed by atoms with Crippen molar-refractivity contribution < 1.29 is 4.79 Å². The molecule has 0 aromatic carbocycles. The van der Waals surface area contributed by atoms with E-state index >= 15 is 0 Å². The molecule has 0 atom stereocenters. The lowest BCUT2D eigenvalue weighted by Gasteiger charge is -2.16. The first kappa shape index (κ1) is 15.4. The van der Waals surface area contributed by atoms with E-state index in [9.17, 15) is 4.79 Å². The zero-order chi connectivity index (χ0) is 17.4. The summed E-state index contributed by atoms with van der Waals surface area (Å²) in [5.41, 5.74) is 7.86. The van der Waals surface area contributed by atoms with Crippen LogP contribution in [0.5, 0.6) is 0 Å². The standard InChI is InChI=1S/C17H19N7O/c18-7-13(8-19)23-11-15-14(17(23)25)10-24(21-15)12-3-4-16(20-9-12)22-5-1-2-6-22/h3-4,7-10,18H,1-2,5-6,11,19H2/b13-8+,18-7?. The second-order valence-electron chi connectivity index (χ2n) is 6.13. The highest BCUT2D eigenvalue weighted by molar-refractivity contribution is 6.01. The maximum absolute atomic E-state index is 12.5. The van der Waals surface area contributed by atoms with Gasteiger partial charge in [0.15, 0.2) is 0 Å². The van der Waals surface area contributed by atoms with Gasteiger partial charge in [-0.2, -0.15) is 5.10 Å². The van der Waals surface area contributed by atoms with Crippen LogP contribution in [0.4, 0.5) is 5.82 Å². The van der Waals surface area contributed by atoms with E-state index in [1.165, 1.54) is 23.9 Å². The lowest BCUT2D eigenvalue weighted by Crippen LogP contribution is -2.25. The smallest absolute Gasteiger partial charge is 0.262 e. The molecule has 2 aromatic rings. The molecule has 0 spiro atoms. The molecule has 4 rings (SSSR count). The fourth-order valence-corrected chi connectivity index (χ4v) is 3.28. The highest BCUT2D eigenvalue weighted by atomic mass is 16.2. The summed E-state index contributed by atoms with van der Waals surface area (Å²) in [6.45, 7) is 2.42. The van der Waals surface area contributed by atoms with E-state index in [0.29, 0.717) is 23.5 Å². The van der Waals surface area contributed by atoms with E-state index in [0.717, 1.165) is 30.8 Å². The Labute approximate surface area is 145 Å². The third kappa shape index (κ3) is 2.55. The fraction of sp³-hybridized carbons (Fsp3) is 0.294. The van der Waals surface area contributed by atoms with Crippen LogP contribution in [0.15, 0.2) is 36.4 Å². The molecule has 1 saturated heterocycles. The predicted molar refractivity (Wildman–Crippen MR) is 93.7 cm³/mol. The van der Waals surface area contributed by atoms with Gasteiger partial charge in [-0.3, -0.25) is 9.69 Å². The highest BCUT2D eigenvalue weighted by Crippen LogP contribution is 2.26. The molecule has 0 saturated carbocycles. The van der Waals surface area contributed by atoms with Gasteiger partial charge in [-0.25, -0.2) is 9.67 Å². The molecule has 25 heavy (non-hydrogen) atoms. The first-order valence-corrected chi connectivity index (χ1v) is 8.25. The number of amides is 1. The number of anilines is 1. The van der Waals surface area contributed by atoms with Crippen molar-refractivity contribution >= 4 is 17.9 Å². The van der Waals surface area contributed by atoms with Crippen LogP contribution in [0.3, 0.4) is 0 Å². The Hall–Kier alpha value is -3.16. The summed E-state index contributed by atoms with van der Waals surface area (Å²) in [6, 6.07) is 3.96. The first-order valence-electron chi connectivity index (χ1n) is 8.25. The molecule has 0 radical (unpaired) electrons. The van der Waals surface area contributed by atoms with Crippen LogP contribution in [0.2, 0.25) is 0 Å². The SMILES string of the molecule is N=C/C(=C\N)N1Cc2nn(-c3ccc(N4CCCC4)nc3)cc2C1=O. The normalized spacial score (nSPS) is 17.3. The molecule has 2 aromatic heterocycles. The Kier molecular flexibility index (Phi) is 3.72. The second-order valence-corrected chi connectivity index (χ2v) is 6.13. The van der Waals surface area contributed by atoms with Gasteiger partial charge in [0.05, 0.1) is 35.4 Å². The summed E-state index contributed by atoms with van der Waals surface area (Å²) in [5.74, 6) is 0.787. The van der Waals surface area contributed by atoms with Gasteiger partial charge >= 0.3 is 0 Å². The van der Waals surface area contributed by atoms with E-state index in [1.54, 1.807) is 17.1 Å². The fourth-order valence-electron chi connectivity index (χ4n) is 3.28. The molecule has 1 fully saturated rings. The molecule has 1 amide bonds. The van der Waals surface area contributed by atoms with E-state index in [-0.39, 0.29) is 5.91 Å². The van der Waals surface area contributed by atoms with E-state index in [1.807, 2.05) is 12.1 Å². The molecule has 8 heteroatoms. The van der Waals surface area contributed by atoms with Crippen molar-refractivity contribution in [3.8, 4) is 5.69 Å². The molecule has 2 aliphatic heterocycles. The van der Waals surface area contributed by atoms with Crippen LogP contribution in [0, 0.1) is 5.41 Å². The minimum atomic E-state index is -0.192. The van der Waals surface area contributed by atoms with Crippen LogP contribution < -0.4 is 10.6 Å². The summed E-state index contributed by atoms with van der Waals surface area (Å²) < 4.78 is 1.68. The number of carbonyl (C=O) groups excluding carboxylic acids is 1. The molecule has 0 unspecified atom stereocenters. The Bertz CT molecular complexity index is 846. The van der Waals surface area contributed by atoms with Crippen molar-refractivity contribution in [1.82, 2.24) is 19.7 Å². The summed E-state index contributed by atoms with van der Waals surface area (Å²) >= 11 is 0. The molecule has 8 nitrogen and oxygen atoms in total. The number of hydrogen-bond donors (Lipinski definition) is 2. The van der Waals surface area contributed by atoms with Crippen LogP contribution >= 0.6 is 0 Å². The molecule has 2 aliphatic rings. The number of pyridine rings is 1. The zero-order valence-electron chi connectivity index (χ0n) is 13.7. The summed E-state index contributed by atoms with van der Waals surface area (Å²) in [6.07, 6.45) is 8.24. The Morgan fingerprint density at radius 1 is 1.28 bits per heavy atom. The van der Waals surface area contributed by atoms with Crippen LogP contribution in [-0.2, 0) is 6.54 Å². The molecule has 0 aliphatic carbocycles. The lowest BCUT2D eigenvalue weighted by atomic mass is 10.3. The van der Waals surface area contributed by atoms with Crippen molar-refractivity contribution in [1.29, 1.82) is 5.41 Å². The van der Waals surface area contributed by atoms with Gasteiger partial charge in [-0.1, -0.05) is 0 Å². The highest BCUT2D eigenvalue weighted by Gasteiger charge is 2.32. The quantitative estimate of drug-likeness (QED) is 0.818. The first-order chi connectivity index (χ1) is 12.2. The third-order valence-corrected chi connectivity index (χ3v) is 4.63. The van der Waals surface area contributed by atoms with Gasteiger partial charge in [-0.15, -0.1) is 0 Å². The third-order valence-electron chi connectivity index (χ3n) is 4.63. The van der Waals surface area contributed by atoms with Crippen LogP contribution in [0.1, 0.15) is 28.9 Å². The lowest BCUT2D eigenvalue weighted by molar-refractivity contribution is 0.0833. The van der Waals surface area contributed by atoms with Gasteiger partial charge in [0.25, 0.3) is 5.91 Å². The van der Waals surface area contributed by atoms with Gasteiger partial charge < -0.3 is 16.0 Å². The Morgan fingerprint density at radius 3 is 2.68 bits per heavy atom. The summed E-state index contributed by atoms with van der Waals surface area (Å²) in [5, 5.41) is 11.8. The maximum atomic E-state index is 12.5. The van der Waals surface area contributed by atoms with Crippen molar-refractivity contribution in [2.24, 2.45) is 5.73 Å². The maximum Gasteiger partial charge on any atom is 0.262 e. The number of carbonyl (C=O) groups is 1. The largest absolute Gasteiger partial charge is 0.403 e. The van der Waals surface area contributed by atoms with Crippen LogP contribution in [-0.4, -0.2) is 44.9 Å². The molecule has 4 heterocycles. The van der Waals surface area contributed by atoms with Crippen molar-refractivity contribution in [3.05, 3.63) is 47.7 Å². The zero-order valence-corrected chi connectivity index (χ0v) is 13.7. The minimum Gasteiger partial charge on any atom is -0.403 e. The van der Waals surface area contributed by atoms with Crippen molar-refractivity contribution in [2.45, 2.75) is 19.4 Å². The number of allylic oxidation sites excluding steroid dienone is 1. The monoisotopic (exact) mass is 337 g/mol. The van der Waals surface area contributed by atoms with Gasteiger partial charge in [0.2, 0.25) is 0 Å². The van der Waals surface area contributed by atoms with Crippen LogP contribution in [0.25, 0.3) is 5.69 Å².